The number of nitrogens with zero attached hydrogens (tertiary/aromatic N) is 1. The molecule has 1 heterocycles. The molecule has 0 amide bonds. The summed E-state index contributed by atoms with van der Waals surface area (Å²) in [5.74, 6) is 0.344. The second-order valence-electron chi connectivity index (χ2n) is 4.16. The number of thiazole rings is 1. The predicted octanol–water partition coefficient (Wildman–Crippen LogP) is 2.79. The van der Waals surface area contributed by atoms with E-state index in [2.05, 4.69) is 10.3 Å². The summed E-state index contributed by atoms with van der Waals surface area (Å²) < 4.78 is 10.0. The first-order valence-corrected chi connectivity index (χ1v) is 6.92. The van der Waals surface area contributed by atoms with Crippen molar-refractivity contribution in [2.75, 3.05) is 19.5 Å². The topological polar surface area (TPSA) is 60.5 Å². The van der Waals surface area contributed by atoms with Crippen LogP contribution in [0.3, 0.4) is 0 Å². The highest BCUT2D eigenvalue weighted by atomic mass is 32.1. The molecule has 1 aromatic carbocycles. The van der Waals surface area contributed by atoms with Crippen molar-refractivity contribution in [2.24, 2.45) is 0 Å². The average Bonchev–Trinajstić information content (AvgIpc) is 2.90. The van der Waals surface area contributed by atoms with Crippen molar-refractivity contribution in [2.45, 2.75) is 13.0 Å². The molecule has 1 aromatic heterocycles. The summed E-state index contributed by atoms with van der Waals surface area (Å²) >= 11 is 1.42. The first-order chi connectivity index (χ1) is 9.63. The minimum absolute atomic E-state index is 0.373. The molecule has 1 N–H and O–H groups in total. The molecule has 0 aliphatic carbocycles. The summed E-state index contributed by atoms with van der Waals surface area (Å²) in [6, 6.07) is 6.75. The Hall–Kier alpha value is -2.08. The largest absolute Gasteiger partial charge is 0.497 e. The lowest BCUT2D eigenvalue weighted by atomic mass is 10.2. The third-order valence-electron chi connectivity index (χ3n) is 2.70. The van der Waals surface area contributed by atoms with Crippen molar-refractivity contribution < 1.29 is 14.3 Å². The molecular weight excluding hydrogens is 276 g/mol. The van der Waals surface area contributed by atoms with Crippen LogP contribution in [-0.2, 0) is 9.53 Å². The number of aromatic nitrogens is 1. The fraction of sp³-hybridized carbons (Fsp3) is 0.286. The van der Waals surface area contributed by atoms with Crippen LogP contribution in [0.2, 0.25) is 0 Å². The van der Waals surface area contributed by atoms with Gasteiger partial charge in [0, 0.05) is 22.8 Å². The van der Waals surface area contributed by atoms with E-state index in [1.165, 1.54) is 18.4 Å². The smallest absolute Gasteiger partial charge is 0.335 e. The molecule has 0 bridgehead atoms. The van der Waals surface area contributed by atoms with E-state index in [-0.39, 0.29) is 5.97 Å². The Bertz CT molecular complexity index is 598. The number of carbonyl (C=O) groups excluding carboxylic acids is 1. The van der Waals surface area contributed by atoms with E-state index < -0.39 is 6.04 Å². The molecule has 0 aliphatic rings. The normalized spacial score (nSPS) is 11.8. The fourth-order valence-corrected chi connectivity index (χ4v) is 2.56. The number of esters is 1. The van der Waals surface area contributed by atoms with Crippen LogP contribution in [-0.4, -0.2) is 25.2 Å². The van der Waals surface area contributed by atoms with Gasteiger partial charge in [-0.1, -0.05) is 6.07 Å². The van der Waals surface area contributed by atoms with Gasteiger partial charge in [-0.05, 0) is 19.1 Å². The number of hydrogen-bond acceptors (Lipinski definition) is 6. The van der Waals surface area contributed by atoms with Gasteiger partial charge in [0.05, 0.1) is 14.2 Å². The third kappa shape index (κ3) is 3.27. The van der Waals surface area contributed by atoms with E-state index in [0.29, 0.717) is 10.8 Å². The Morgan fingerprint density at radius 2 is 2.20 bits per heavy atom. The first kappa shape index (κ1) is 14.3. The standard InChI is InChI=1S/C14H16N2O3S/c1-9-8-20-13(15-9)12(14(17)19-3)16-10-5-4-6-11(7-10)18-2/h4-8,12,16H,1-3H3. The maximum Gasteiger partial charge on any atom is 0.335 e. The van der Waals surface area contributed by atoms with E-state index in [0.717, 1.165) is 11.4 Å². The molecule has 0 aliphatic heterocycles. The average molecular weight is 292 g/mol. The quantitative estimate of drug-likeness (QED) is 0.859. The van der Waals surface area contributed by atoms with Crippen molar-refractivity contribution in [1.29, 1.82) is 0 Å². The van der Waals surface area contributed by atoms with Crippen LogP contribution < -0.4 is 10.1 Å². The van der Waals surface area contributed by atoms with Gasteiger partial charge in [-0.15, -0.1) is 11.3 Å². The summed E-state index contributed by atoms with van der Waals surface area (Å²) in [4.78, 5) is 16.3. The molecule has 106 valence electrons. The predicted molar refractivity (Wildman–Crippen MR) is 78.2 cm³/mol. The van der Waals surface area contributed by atoms with Gasteiger partial charge in [-0.25, -0.2) is 9.78 Å². The summed E-state index contributed by atoms with van der Waals surface area (Å²) in [5, 5.41) is 5.71. The van der Waals surface area contributed by atoms with Gasteiger partial charge in [0.2, 0.25) is 0 Å². The van der Waals surface area contributed by atoms with Crippen LogP contribution in [0.25, 0.3) is 0 Å². The third-order valence-corrected chi connectivity index (χ3v) is 3.73. The van der Waals surface area contributed by atoms with Gasteiger partial charge in [0.25, 0.3) is 0 Å². The molecule has 1 unspecified atom stereocenters. The van der Waals surface area contributed by atoms with Gasteiger partial charge in [-0.2, -0.15) is 0 Å². The van der Waals surface area contributed by atoms with Crippen molar-refractivity contribution in [3.05, 3.63) is 40.3 Å². The fourth-order valence-electron chi connectivity index (χ4n) is 1.72. The number of benzene rings is 1. The van der Waals surface area contributed by atoms with E-state index >= 15 is 0 Å². The van der Waals surface area contributed by atoms with Gasteiger partial charge >= 0.3 is 5.97 Å². The number of nitrogens with one attached hydrogen (secondary N) is 1. The van der Waals surface area contributed by atoms with E-state index in [4.69, 9.17) is 9.47 Å². The summed E-state index contributed by atoms with van der Waals surface area (Å²) in [6.45, 7) is 1.89. The maximum absolute atomic E-state index is 11.9. The lowest BCUT2D eigenvalue weighted by Crippen LogP contribution is -2.22. The van der Waals surface area contributed by atoms with Crippen LogP contribution in [0, 0.1) is 6.92 Å². The molecule has 20 heavy (non-hydrogen) atoms. The van der Waals surface area contributed by atoms with Gasteiger partial charge < -0.3 is 14.8 Å². The van der Waals surface area contributed by atoms with Gasteiger partial charge in [-0.3, -0.25) is 0 Å². The number of anilines is 1. The molecule has 0 saturated heterocycles. The molecule has 5 nitrogen and oxygen atoms in total. The molecule has 0 saturated carbocycles. The summed E-state index contributed by atoms with van der Waals surface area (Å²) in [6.07, 6.45) is 0. The van der Waals surface area contributed by atoms with Crippen LogP contribution in [0.15, 0.2) is 29.6 Å². The lowest BCUT2D eigenvalue weighted by Gasteiger charge is -2.16. The molecule has 0 fully saturated rings. The molecular formula is C14H16N2O3S. The van der Waals surface area contributed by atoms with E-state index in [9.17, 15) is 4.79 Å². The Balaban J connectivity index is 2.25. The minimum atomic E-state index is -0.620. The van der Waals surface area contributed by atoms with Crippen molar-refractivity contribution in [3.8, 4) is 5.75 Å². The van der Waals surface area contributed by atoms with Gasteiger partial charge in [0.15, 0.2) is 6.04 Å². The second-order valence-corrected chi connectivity index (χ2v) is 5.05. The number of methoxy groups -OCH3 is 2. The van der Waals surface area contributed by atoms with Crippen LogP contribution >= 0.6 is 11.3 Å². The van der Waals surface area contributed by atoms with Crippen LogP contribution in [0.5, 0.6) is 5.75 Å². The highest BCUT2D eigenvalue weighted by Crippen LogP contribution is 2.25. The van der Waals surface area contributed by atoms with Crippen molar-refractivity contribution in [3.63, 3.8) is 0 Å². The van der Waals surface area contributed by atoms with Crippen LogP contribution in [0.1, 0.15) is 16.7 Å². The monoisotopic (exact) mass is 292 g/mol. The number of hydrogen-bond donors (Lipinski definition) is 1. The lowest BCUT2D eigenvalue weighted by molar-refractivity contribution is -0.141. The second kappa shape index (κ2) is 6.38. The summed E-state index contributed by atoms with van der Waals surface area (Å²) in [7, 11) is 2.96. The Labute approximate surface area is 121 Å². The molecule has 0 radical (unpaired) electrons. The Morgan fingerprint density at radius 3 is 2.80 bits per heavy atom. The van der Waals surface area contributed by atoms with E-state index in [1.54, 1.807) is 7.11 Å². The zero-order valence-corrected chi connectivity index (χ0v) is 12.4. The minimum Gasteiger partial charge on any atom is -0.497 e. The van der Waals surface area contributed by atoms with Crippen molar-refractivity contribution in [1.82, 2.24) is 4.98 Å². The molecule has 2 rings (SSSR count). The molecule has 2 aromatic rings. The number of ether oxygens (including phenoxy) is 2. The number of aryl methyl sites for hydroxylation is 1. The van der Waals surface area contributed by atoms with E-state index in [1.807, 2.05) is 36.6 Å². The zero-order valence-electron chi connectivity index (χ0n) is 11.5. The van der Waals surface area contributed by atoms with Crippen molar-refractivity contribution >= 4 is 23.0 Å². The Morgan fingerprint density at radius 1 is 1.40 bits per heavy atom. The maximum atomic E-state index is 11.9. The summed E-state index contributed by atoms with van der Waals surface area (Å²) in [5.41, 5.74) is 1.65. The number of rotatable bonds is 5. The SMILES string of the molecule is COC(=O)C(Nc1cccc(OC)c1)c1nc(C)cs1. The molecule has 0 spiro atoms. The van der Waals surface area contributed by atoms with Gasteiger partial charge in [0.1, 0.15) is 10.8 Å². The number of carbonyl (C=O) groups is 1. The highest BCUT2D eigenvalue weighted by molar-refractivity contribution is 7.09. The highest BCUT2D eigenvalue weighted by Gasteiger charge is 2.24. The molecule has 1 atom stereocenters. The zero-order chi connectivity index (χ0) is 14.5. The Kier molecular flexibility index (Phi) is 4.57. The first-order valence-electron chi connectivity index (χ1n) is 6.04. The van der Waals surface area contributed by atoms with Crippen LogP contribution in [0.4, 0.5) is 5.69 Å². The molecule has 6 heteroatoms.